The van der Waals surface area contributed by atoms with Crippen LogP contribution in [0.25, 0.3) is 0 Å². The van der Waals surface area contributed by atoms with Crippen molar-refractivity contribution >= 4 is 15.7 Å². The van der Waals surface area contributed by atoms with Gasteiger partial charge in [0.05, 0.1) is 17.6 Å². The van der Waals surface area contributed by atoms with Crippen LogP contribution in [0.3, 0.4) is 0 Å². The van der Waals surface area contributed by atoms with Crippen LogP contribution in [0.4, 0.5) is 5.69 Å². The zero-order chi connectivity index (χ0) is 15.5. The first kappa shape index (κ1) is 16.3. The summed E-state index contributed by atoms with van der Waals surface area (Å²) in [4.78, 5) is 0.281. The largest absolute Gasteiger partial charge is 0.398 e. The van der Waals surface area contributed by atoms with Crippen LogP contribution in [0.1, 0.15) is 36.8 Å². The number of hydrogen-bond donors (Lipinski definition) is 2. The summed E-state index contributed by atoms with van der Waals surface area (Å²) in [5.74, 6) is 0. The topological polar surface area (TPSA) is 81.4 Å². The molecule has 0 radical (unpaired) electrons. The lowest BCUT2D eigenvalue weighted by atomic mass is 10.1. The van der Waals surface area contributed by atoms with Gasteiger partial charge in [-0.25, -0.2) is 13.1 Å². The van der Waals surface area contributed by atoms with Gasteiger partial charge in [0.2, 0.25) is 10.0 Å². The summed E-state index contributed by atoms with van der Waals surface area (Å²) in [5.41, 5.74) is 7.59. The lowest BCUT2D eigenvalue weighted by Crippen LogP contribution is -2.29. The third-order valence-corrected chi connectivity index (χ3v) is 5.71. The van der Waals surface area contributed by atoms with Crippen molar-refractivity contribution in [1.82, 2.24) is 4.72 Å². The number of rotatable bonds is 6. The summed E-state index contributed by atoms with van der Waals surface area (Å²) in [6.45, 7) is 4.19. The fourth-order valence-corrected chi connectivity index (χ4v) is 4.29. The Morgan fingerprint density at radius 3 is 2.62 bits per heavy atom. The van der Waals surface area contributed by atoms with Gasteiger partial charge in [0.15, 0.2) is 0 Å². The molecule has 0 spiro atoms. The second-order valence-electron chi connectivity index (χ2n) is 5.60. The molecule has 21 heavy (non-hydrogen) atoms. The summed E-state index contributed by atoms with van der Waals surface area (Å²) >= 11 is 0. The van der Waals surface area contributed by atoms with Crippen LogP contribution in [0.15, 0.2) is 17.0 Å². The van der Waals surface area contributed by atoms with Gasteiger partial charge in [-0.1, -0.05) is 18.9 Å². The van der Waals surface area contributed by atoms with Crippen LogP contribution in [0, 0.1) is 13.8 Å². The molecule has 2 rings (SSSR count). The van der Waals surface area contributed by atoms with Gasteiger partial charge in [-0.05, 0) is 43.9 Å². The number of aryl methyl sites for hydroxylation is 1. The summed E-state index contributed by atoms with van der Waals surface area (Å²) in [7, 11) is -3.55. The first-order chi connectivity index (χ1) is 9.92. The lowest BCUT2D eigenvalue weighted by molar-refractivity contribution is 0.0626. The molecule has 1 aromatic rings. The number of anilines is 1. The molecule has 1 saturated carbocycles. The van der Waals surface area contributed by atoms with Crippen molar-refractivity contribution in [2.75, 3.05) is 18.9 Å². The Bertz CT molecular complexity index is 593. The fraction of sp³-hybridized carbons (Fsp3) is 0.600. The zero-order valence-corrected chi connectivity index (χ0v) is 13.5. The van der Waals surface area contributed by atoms with E-state index in [1.54, 1.807) is 26.0 Å². The molecule has 0 aromatic heterocycles. The molecular formula is C15H24N2O3S. The molecule has 3 N–H and O–H groups in total. The summed E-state index contributed by atoms with van der Waals surface area (Å²) in [5, 5.41) is 0. The quantitative estimate of drug-likeness (QED) is 0.623. The highest BCUT2D eigenvalue weighted by atomic mass is 32.2. The monoisotopic (exact) mass is 312 g/mol. The molecule has 0 bridgehead atoms. The van der Waals surface area contributed by atoms with Gasteiger partial charge in [0.25, 0.3) is 0 Å². The van der Waals surface area contributed by atoms with Crippen LogP contribution in [0.2, 0.25) is 0 Å². The van der Waals surface area contributed by atoms with E-state index in [2.05, 4.69) is 4.72 Å². The van der Waals surface area contributed by atoms with Gasteiger partial charge < -0.3 is 10.5 Å². The van der Waals surface area contributed by atoms with Crippen LogP contribution in [0.5, 0.6) is 0 Å². The van der Waals surface area contributed by atoms with Crippen LogP contribution in [-0.4, -0.2) is 27.7 Å². The minimum atomic E-state index is -3.55. The minimum absolute atomic E-state index is 0.281. The van der Waals surface area contributed by atoms with Gasteiger partial charge in [-0.3, -0.25) is 0 Å². The van der Waals surface area contributed by atoms with E-state index in [9.17, 15) is 8.42 Å². The molecule has 5 nitrogen and oxygen atoms in total. The molecule has 1 aliphatic carbocycles. The van der Waals surface area contributed by atoms with Crippen molar-refractivity contribution in [2.24, 2.45) is 0 Å². The van der Waals surface area contributed by atoms with Crippen molar-refractivity contribution in [3.05, 3.63) is 23.3 Å². The van der Waals surface area contributed by atoms with Crippen LogP contribution < -0.4 is 10.5 Å². The Morgan fingerprint density at radius 1 is 1.29 bits per heavy atom. The maximum absolute atomic E-state index is 12.4. The average Bonchev–Trinajstić information content (AvgIpc) is 2.92. The Hall–Kier alpha value is -1.11. The lowest BCUT2D eigenvalue weighted by Gasteiger charge is -2.15. The number of nitrogens with one attached hydrogen (secondary N) is 1. The van der Waals surface area contributed by atoms with Gasteiger partial charge in [-0.15, -0.1) is 0 Å². The van der Waals surface area contributed by atoms with Gasteiger partial charge in [-0.2, -0.15) is 0 Å². The fourth-order valence-electron chi connectivity index (χ4n) is 2.78. The highest BCUT2D eigenvalue weighted by Gasteiger charge is 2.21. The Kier molecular flexibility index (Phi) is 5.24. The number of hydrogen-bond acceptors (Lipinski definition) is 4. The SMILES string of the molecule is Cc1ccc(N)c(C)c1S(=O)(=O)NCCOC1CCCC1. The van der Waals surface area contributed by atoms with E-state index in [0.717, 1.165) is 12.8 Å². The van der Waals surface area contributed by atoms with Crippen LogP contribution in [-0.2, 0) is 14.8 Å². The molecule has 1 aromatic carbocycles. The first-order valence-electron chi connectivity index (χ1n) is 7.39. The van der Waals surface area contributed by atoms with Gasteiger partial charge in [0.1, 0.15) is 0 Å². The Labute approximate surface area is 126 Å². The van der Waals surface area contributed by atoms with E-state index in [-0.39, 0.29) is 11.4 Å². The Morgan fingerprint density at radius 2 is 1.95 bits per heavy atom. The van der Waals surface area contributed by atoms with Crippen molar-refractivity contribution < 1.29 is 13.2 Å². The zero-order valence-electron chi connectivity index (χ0n) is 12.7. The van der Waals surface area contributed by atoms with Crippen LogP contribution >= 0.6 is 0 Å². The first-order valence-corrected chi connectivity index (χ1v) is 8.87. The molecular weight excluding hydrogens is 288 g/mol. The third-order valence-electron chi connectivity index (χ3n) is 3.96. The van der Waals surface area contributed by atoms with Gasteiger partial charge in [0, 0.05) is 12.2 Å². The van der Waals surface area contributed by atoms with Gasteiger partial charge >= 0.3 is 0 Å². The van der Waals surface area contributed by atoms with E-state index in [0.29, 0.717) is 29.5 Å². The van der Waals surface area contributed by atoms with E-state index >= 15 is 0 Å². The predicted molar refractivity (Wildman–Crippen MR) is 83.7 cm³/mol. The maximum Gasteiger partial charge on any atom is 0.241 e. The Balaban J connectivity index is 1.97. The van der Waals surface area contributed by atoms with Crippen molar-refractivity contribution in [1.29, 1.82) is 0 Å². The maximum atomic E-state index is 12.4. The number of ether oxygens (including phenoxy) is 1. The summed E-state index contributed by atoms with van der Waals surface area (Å²) < 4.78 is 33.1. The molecule has 118 valence electrons. The highest BCUT2D eigenvalue weighted by molar-refractivity contribution is 7.89. The molecule has 6 heteroatoms. The molecule has 0 atom stereocenters. The minimum Gasteiger partial charge on any atom is -0.398 e. The third kappa shape index (κ3) is 3.96. The number of benzene rings is 1. The molecule has 1 aliphatic rings. The molecule has 0 aliphatic heterocycles. The van der Waals surface area contributed by atoms with E-state index < -0.39 is 10.0 Å². The predicted octanol–water partition coefficient (Wildman–Crippen LogP) is 2.12. The number of nitrogens with two attached hydrogens (primary N) is 1. The van der Waals surface area contributed by atoms with Crippen molar-refractivity contribution in [2.45, 2.75) is 50.5 Å². The van der Waals surface area contributed by atoms with E-state index in [1.807, 2.05) is 0 Å². The molecule has 0 heterocycles. The highest BCUT2D eigenvalue weighted by Crippen LogP contribution is 2.24. The summed E-state index contributed by atoms with van der Waals surface area (Å²) in [6.07, 6.45) is 4.88. The van der Waals surface area contributed by atoms with Crippen molar-refractivity contribution in [3.8, 4) is 0 Å². The molecule has 0 amide bonds. The second kappa shape index (κ2) is 6.77. The van der Waals surface area contributed by atoms with E-state index in [4.69, 9.17) is 10.5 Å². The molecule has 1 fully saturated rings. The molecule has 0 unspecified atom stereocenters. The molecule has 0 saturated heterocycles. The number of nitrogen functional groups attached to an aromatic ring is 1. The number of sulfonamides is 1. The average molecular weight is 312 g/mol. The standard InChI is InChI=1S/C15H24N2O3S/c1-11-7-8-14(16)12(2)15(11)21(18,19)17-9-10-20-13-5-3-4-6-13/h7-8,13,17H,3-6,9-10,16H2,1-2H3. The van der Waals surface area contributed by atoms with E-state index in [1.165, 1.54) is 12.8 Å². The summed E-state index contributed by atoms with van der Waals surface area (Å²) in [6, 6.07) is 3.46. The normalized spacial score (nSPS) is 16.5. The smallest absolute Gasteiger partial charge is 0.241 e. The van der Waals surface area contributed by atoms with Crippen molar-refractivity contribution in [3.63, 3.8) is 0 Å². The second-order valence-corrected chi connectivity index (χ2v) is 7.30.